The molecule has 0 spiro atoms. The lowest BCUT2D eigenvalue weighted by Crippen LogP contribution is -2.27. The van der Waals surface area contributed by atoms with Gasteiger partial charge in [0.25, 0.3) is 0 Å². The quantitative estimate of drug-likeness (QED) is 0.691. The summed E-state index contributed by atoms with van der Waals surface area (Å²) in [5.74, 6) is 0.854. The molecule has 0 aromatic heterocycles. The van der Waals surface area contributed by atoms with Gasteiger partial charge >= 0.3 is 0 Å². The molecule has 0 amide bonds. The van der Waals surface area contributed by atoms with Crippen LogP contribution in [0.5, 0.6) is 0 Å². The minimum atomic E-state index is -0.115. The minimum Gasteiger partial charge on any atom is -0.371 e. The average molecular weight is 346 g/mol. The Morgan fingerprint density at radius 1 is 1.19 bits per heavy atom. The van der Waals surface area contributed by atoms with Crippen molar-refractivity contribution < 1.29 is 4.74 Å². The third kappa shape index (κ3) is 4.42. The van der Waals surface area contributed by atoms with Crippen LogP contribution in [0.3, 0.4) is 0 Å². The van der Waals surface area contributed by atoms with E-state index in [1.54, 1.807) is 0 Å². The van der Waals surface area contributed by atoms with E-state index in [4.69, 9.17) is 39.5 Å². The first-order chi connectivity index (χ1) is 7.69. The molecule has 1 aromatic rings. The summed E-state index contributed by atoms with van der Waals surface area (Å²) in [6.45, 7) is 0.441. The maximum absolute atomic E-state index is 6.01. The molecule has 2 atom stereocenters. The number of halogens is 4. The molecular weight excluding hydrogens is 334 g/mol. The van der Waals surface area contributed by atoms with Gasteiger partial charge in [0.1, 0.15) is 0 Å². The fourth-order valence-corrected chi connectivity index (χ4v) is 2.41. The van der Waals surface area contributed by atoms with Crippen LogP contribution in [0.25, 0.3) is 0 Å². The van der Waals surface area contributed by atoms with Gasteiger partial charge in [-0.25, -0.2) is 0 Å². The molecule has 0 radical (unpaired) electrons. The Kier molecular flexibility index (Phi) is 7.09. The maximum atomic E-state index is 6.01. The Balaban J connectivity index is 2.53. The molecule has 0 N–H and O–H groups in total. The third-order valence-electron chi connectivity index (χ3n) is 2.11. The summed E-state index contributed by atoms with van der Waals surface area (Å²) in [7, 11) is 0. The molecule has 0 aliphatic heterocycles. The zero-order valence-electron chi connectivity index (χ0n) is 8.51. The van der Waals surface area contributed by atoms with Crippen molar-refractivity contribution in [2.75, 3.05) is 11.8 Å². The molecule has 5 heteroatoms. The molecule has 0 aliphatic carbocycles. The first-order valence-corrected chi connectivity index (χ1v) is 7.16. The van der Waals surface area contributed by atoms with Crippen molar-refractivity contribution in [1.82, 2.24) is 0 Å². The van der Waals surface area contributed by atoms with Crippen LogP contribution >= 0.6 is 50.7 Å². The van der Waals surface area contributed by atoms with Gasteiger partial charge in [-0.2, -0.15) is 0 Å². The van der Waals surface area contributed by atoms with Crippen LogP contribution in [0.4, 0.5) is 0 Å². The van der Waals surface area contributed by atoms with Crippen LogP contribution < -0.4 is 0 Å². The zero-order valence-corrected chi connectivity index (χ0v) is 12.4. The summed E-state index contributed by atoms with van der Waals surface area (Å²) >= 11 is 21.0. The minimum absolute atomic E-state index is 0.0501. The van der Waals surface area contributed by atoms with Gasteiger partial charge in [0.05, 0.1) is 17.5 Å². The van der Waals surface area contributed by atoms with Crippen molar-refractivity contribution in [2.45, 2.75) is 17.5 Å². The number of ether oxygens (including phenoxy) is 1. The van der Waals surface area contributed by atoms with Gasteiger partial charge in [-0.1, -0.05) is 45.7 Å². The molecule has 0 fully saturated rings. The lowest BCUT2D eigenvalue weighted by molar-refractivity contribution is 0.0584. The summed E-state index contributed by atoms with van der Waals surface area (Å²) < 4.78 is 5.66. The van der Waals surface area contributed by atoms with Crippen LogP contribution in [0.15, 0.2) is 24.3 Å². The monoisotopic (exact) mass is 344 g/mol. The number of hydrogen-bond donors (Lipinski definition) is 0. The largest absolute Gasteiger partial charge is 0.371 e. The molecule has 16 heavy (non-hydrogen) atoms. The molecule has 0 aliphatic rings. The van der Waals surface area contributed by atoms with Gasteiger partial charge < -0.3 is 4.74 Å². The molecule has 0 heterocycles. The van der Waals surface area contributed by atoms with Crippen LogP contribution in [0.2, 0.25) is 5.02 Å². The molecule has 1 rings (SSSR count). The summed E-state index contributed by atoms with van der Waals surface area (Å²) in [6, 6.07) is 7.57. The summed E-state index contributed by atoms with van der Waals surface area (Å²) in [5, 5.41) is 0.702. The van der Waals surface area contributed by atoms with Gasteiger partial charge in [0.2, 0.25) is 0 Å². The van der Waals surface area contributed by atoms with E-state index in [0.717, 1.165) is 5.56 Å². The molecule has 0 saturated heterocycles. The third-order valence-corrected chi connectivity index (χ3v) is 4.41. The zero-order chi connectivity index (χ0) is 12.0. The Morgan fingerprint density at radius 2 is 1.88 bits per heavy atom. The predicted octanol–water partition coefficient (Wildman–Crippen LogP) is 4.47. The van der Waals surface area contributed by atoms with Gasteiger partial charge in [-0.15, -0.1) is 23.2 Å². The molecule has 0 saturated carbocycles. The Morgan fingerprint density at radius 3 is 2.44 bits per heavy atom. The van der Waals surface area contributed by atoms with E-state index in [2.05, 4.69) is 15.9 Å². The van der Waals surface area contributed by atoms with Crippen LogP contribution in [-0.2, 0) is 11.3 Å². The topological polar surface area (TPSA) is 9.23 Å². The van der Waals surface area contributed by atoms with E-state index in [1.807, 2.05) is 24.3 Å². The van der Waals surface area contributed by atoms with Gasteiger partial charge in [-0.05, 0) is 11.6 Å². The normalized spacial score (nSPS) is 14.8. The van der Waals surface area contributed by atoms with E-state index >= 15 is 0 Å². The van der Waals surface area contributed by atoms with E-state index < -0.39 is 0 Å². The fourth-order valence-electron chi connectivity index (χ4n) is 1.16. The molecule has 0 bridgehead atoms. The number of rotatable bonds is 6. The second-order valence-corrected chi connectivity index (χ2v) is 5.47. The van der Waals surface area contributed by atoms with Crippen LogP contribution in [-0.4, -0.2) is 22.7 Å². The first kappa shape index (κ1) is 14.6. The van der Waals surface area contributed by atoms with Crippen LogP contribution in [0.1, 0.15) is 5.56 Å². The predicted molar refractivity (Wildman–Crippen MR) is 74.2 cm³/mol. The lowest BCUT2D eigenvalue weighted by atomic mass is 10.2. The number of alkyl halides is 3. The van der Waals surface area contributed by atoms with E-state index in [0.29, 0.717) is 23.4 Å². The SMILES string of the molecule is ClCC(Br)C(CCl)OCc1ccccc1Cl. The second kappa shape index (κ2) is 7.78. The Bertz CT molecular complexity index is 322. The highest BCUT2D eigenvalue weighted by Crippen LogP contribution is 2.19. The van der Waals surface area contributed by atoms with Crippen molar-refractivity contribution in [2.24, 2.45) is 0 Å². The van der Waals surface area contributed by atoms with Crippen molar-refractivity contribution in [3.8, 4) is 0 Å². The van der Waals surface area contributed by atoms with Gasteiger partial charge in [0, 0.05) is 16.8 Å². The fraction of sp³-hybridized carbons (Fsp3) is 0.455. The molecular formula is C11H12BrCl3O. The number of hydrogen-bond acceptors (Lipinski definition) is 1. The van der Waals surface area contributed by atoms with E-state index in [-0.39, 0.29) is 10.9 Å². The van der Waals surface area contributed by atoms with E-state index in [9.17, 15) is 0 Å². The highest BCUT2D eigenvalue weighted by molar-refractivity contribution is 9.09. The Labute approximate surface area is 119 Å². The van der Waals surface area contributed by atoms with Crippen molar-refractivity contribution >= 4 is 50.7 Å². The van der Waals surface area contributed by atoms with E-state index in [1.165, 1.54) is 0 Å². The highest BCUT2D eigenvalue weighted by Gasteiger charge is 2.18. The first-order valence-electron chi connectivity index (χ1n) is 4.80. The molecule has 1 aromatic carbocycles. The summed E-state index contributed by atoms with van der Waals surface area (Å²) in [5.41, 5.74) is 0.952. The lowest BCUT2D eigenvalue weighted by Gasteiger charge is -2.19. The number of benzene rings is 1. The molecule has 2 unspecified atom stereocenters. The smallest absolute Gasteiger partial charge is 0.0851 e. The standard InChI is InChI=1S/C11H12BrCl3O/c12-9(5-13)11(6-14)16-7-8-3-1-2-4-10(8)15/h1-4,9,11H,5-7H2. The second-order valence-electron chi connectivity index (χ2n) is 3.27. The van der Waals surface area contributed by atoms with Crippen molar-refractivity contribution in [1.29, 1.82) is 0 Å². The summed E-state index contributed by atoms with van der Waals surface area (Å²) in [6.07, 6.45) is -0.115. The Hall–Kier alpha value is 0.530. The van der Waals surface area contributed by atoms with Crippen LogP contribution in [0, 0.1) is 0 Å². The maximum Gasteiger partial charge on any atom is 0.0851 e. The summed E-state index contributed by atoms with van der Waals surface area (Å²) in [4.78, 5) is 0.0501. The average Bonchev–Trinajstić information content (AvgIpc) is 2.31. The van der Waals surface area contributed by atoms with Gasteiger partial charge in [-0.3, -0.25) is 0 Å². The van der Waals surface area contributed by atoms with Crippen molar-refractivity contribution in [3.63, 3.8) is 0 Å². The molecule has 90 valence electrons. The van der Waals surface area contributed by atoms with Crippen molar-refractivity contribution in [3.05, 3.63) is 34.9 Å². The molecule has 1 nitrogen and oxygen atoms in total. The van der Waals surface area contributed by atoms with Gasteiger partial charge in [0.15, 0.2) is 0 Å². The highest BCUT2D eigenvalue weighted by atomic mass is 79.9.